The molecule has 29 heavy (non-hydrogen) atoms. The maximum Gasteiger partial charge on any atom is 0.131 e. The average Bonchev–Trinajstić information content (AvgIpc) is 2.74. The van der Waals surface area contributed by atoms with Crippen LogP contribution in [0.4, 0.5) is 4.39 Å². The number of hydrogen-bond donors (Lipinski definition) is 1. The summed E-state index contributed by atoms with van der Waals surface area (Å²) >= 11 is 0. The van der Waals surface area contributed by atoms with Crippen molar-refractivity contribution in [3.8, 4) is 33.8 Å². The Labute approximate surface area is 173 Å². The molecule has 0 spiro atoms. The summed E-state index contributed by atoms with van der Waals surface area (Å²) in [6.07, 6.45) is 7.47. The van der Waals surface area contributed by atoms with Gasteiger partial charge in [-0.05, 0) is 53.4 Å². The van der Waals surface area contributed by atoms with Crippen molar-refractivity contribution < 1.29 is 14.2 Å². The van der Waals surface area contributed by atoms with E-state index in [1.165, 1.54) is 32.1 Å². The first-order valence-corrected chi connectivity index (χ1v) is 10.5. The van der Waals surface area contributed by atoms with Crippen LogP contribution >= 0.6 is 0 Å². The van der Waals surface area contributed by atoms with E-state index in [1.54, 1.807) is 36.4 Å². The smallest absolute Gasteiger partial charge is 0.131 e. The van der Waals surface area contributed by atoms with Gasteiger partial charge in [-0.15, -0.1) is 0 Å². The van der Waals surface area contributed by atoms with Crippen molar-refractivity contribution in [3.63, 3.8) is 0 Å². The zero-order valence-electron chi connectivity index (χ0n) is 17.0. The highest BCUT2D eigenvalue weighted by Crippen LogP contribution is 2.29. The van der Waals surface area contributed by atoms with E-state index in [1.807, 2.05) is 30.3 Å². The van der Waals surface area contributed by atoms with E-state index in [4.69, 9.17) is 4.74 Å². The van der Waals surface area contributed by atoms with Gasteiger partial charge in [0, 0.05) is 5.56 Å². The van der Waals surface area contributed by atoms with Crippen LogP contribution in [0, 0.1) is 5.82 Å². The van der Waals surface area contributed by atoms with Crippen LogP contribution in [0.3, 0.4) is 0 Å². The highest BCUT2D eigenvalue weighted by atomic mass is 19.1. The quantitative estimate of drug-likeness (QED) is 0.360. The molecular weight excluding hydrogens is 363 g/mol. The minimum absolute atomic E-state index is 0.171. The minimum Gasteiger partial charge on any atom is -0.508 e. The van der Waals surface area contributed by atoms with Gasteiger partial charge in [-0.2, -0.15) is 0 Å². The largest absolute Gasteiger partial charge is 0.508 e. The van der Waals surface area contributed by atoms with Crippen LogP contribution < -0.4 is 4.74 Å². The fourth-order valence-electron chi connectivity index (χ4n) is 3.39. The summed E-state index contributed by atoms with van der Waals surface area (Å²) in [7, 11) is 0. The van der Waals surface area contributed by atoms with Gasteiger partial charge in [0.05, 0.1) is 6.61 Å². The standard InChI is InChI=1S/C26H29FO2/c1-2-3-4-5-6-7-18-29-24-15-10-20(11-16-24)22-12-17-25(26(27)19-22)21-8-13-23(28)14-9-21/h8-17,19,28H,2-7,18H2,1H3. The molecule has 0 heterocycles. The lowest BCUT2D eigenvalue weighted by Crippen LogP contribution is -1.97. The monoisotopic (exact) mass is 392 g/mol. The summed E-state index contributed by atoms with van der Waals surface area (Å²) in [6, 6.07) is 19.6. The summed E-state index contributed by atoms with van der Waals surface area (Å²) in [6.45, 7) is 2.96. The Kier molecular flexibility index (Phi) is 7.69. The number of halogens is 1. The van der Waals surface area contributed by atoms with Crippen LogP contribution in [-0.4, -0.2) is 11.7 Å². The molecule has 2 nitrogen and oxygen atoms in total. The summed E-state index contributed by atoms with van der Waals surface area (Å²) in [4.78, 5) is 0. The van der Waals surface area contributed by atoms with Crippen molar-refractivity contribution in [2.75, 3.05) is 6.61 Å². The number of ether oxygens (including phenoxy) is 1. The predicted octanol–water partition coefficient (Wildman–Crippen LogP) is 7.60. The number of aromatic hydroxyl groups is 1. The van der Waals surface area contributed by atoms with Crippen LogP contribution in [0.5, 0.6) is 11.5 Å². The molecule has 0 saturated heterocycles. The maximum absolute atomic E-state index is 14.6. The Hall–Kier alpha value is -2.81. The third-order valence-corrected chi connectivity index (χ3v) is 5.10. The van der Waals surface area contributed by atoms with Crippen LogP contribution in [0.2, 0.25) is 0 Å². The topological polar surface area (TPSA) is 29.5 Å². The van der Waals surface area contributed by atoms with Gasteiger partial charge in [-0.25, -0.2) is 4.39 Å². The first kappa shape index (κ1) is 20.9. The van der Waals surface area contributed by atoms with Gasteiger partial charge < -0.3 is 9.84 Å². The van der Waals surface area contributed by atoms with Crippen LogP contribution in [-0.2, 0) is 0 Å². The lowest BCUT2D eigenvalue weighted by atomic mass is 9.99. The number of rotatable bonds is 10. The summed E-state index contributed by atoms with van der Waals surface area (Å²) in [5.74, 6) is 0.740. The molecule has 1 N–H and O–H groups in total. The van der Waals surface area contributed by atoms with E-state index in [2.05, 4.69) is 6.92 Å². The van der Waals surface area contributed by atoms with Crippen molar-refractivity contribution in [3.05, 3.63) is 72.5 Å². The molecule has 0 saturated carbocycles. The lowest BCUT2D eigenvalue weighted by molar-refractivity contribution is 0.304. The Morgan fingerprint density at radius 1 is 0.724 bits per heavy atom. The molecule has 0 aliphatic carbocycles. The maximum atomic E-state index is 14.6. The SMILES string of the molecule is CCCCCCCCOc1ccc(-c2ccc(-c3ccc(O)cc3)c(F)c2)cc1. The zero-order chi connectivity index (χ0) is 20.5. The number of phenolic OH excluding ortho intramolecular Hbond substituents is 1. The first-order chi connectivity index (χ1) is 14.2. The Morgan fingerprint density at radius 2 is 1.34 bits per heavy atom. The van der Waals surface area contributed by atoms with Crippen molar-refractivity contribution >= 4 is 0 Å². The van der Waals surface area contributed by atoms with Crippen molar-refractivity contribution in [1.29, 1.82) is 0 Å². The van der Waals surface area contributed by atoms with Crippen LogP contribution in [0.15, 0.2) is 66.7 Å². The van der Waals surface area contributed by atoms with E-state index in [9.17, 15) is 9.50 Å². The van der Waals surface area contributed by atoms with Crippen molar-refractivity contribution in [2.45, 2.75) is 45.4 Å². The fourth-order valence-corrected chi connectivity index (χ4v) is 3.39. The molecule has 0 unspecified atom stereocenters. The minimum atomic E-state index is -0.281. The average molecular weight is 393 g/mol. The molecule has 0 bridgehead atoms. The number of benzene rings is 3. The molecule has 3 rings (SSSR count). The first-order valence-electron chi connectivity index (χ1n) is 10.5. The van der Waals surface area contributed by atoms with E-state index in [0.717, 1.165) is 35.5 Å². The van der Waals surface area contributed by atoms with Crippen molar-refractivity contribution in [1.82, 2.24) is 0 Å². The highest BCUT2D eigenvalue weighted by Gasteiger charge is 2.08. The van der Waals surface area contributed by atoms with Gasteiger partial charge in [-0.3, -0.25) is 0 Å². The molecule has 3 aromatic rings. The number of hydrogen-bond acceptors (Lipinski definition) is 2. The Morgan fingerprint density at radius 3 is 2.03 bits per heavy atom. The third-order valence-electron chi connectivity index (χ3n) is 5.10. The molecule has 0 aliphatic heterocycles. The van der Waals surface area contributed by atoms with E-state index in [0.29, 0.717) is 5.56 Å². The van der Waals surface area contributed by atoms with Crippen LogP contribution in [0.25, 0.3) is 22.3 Å². The fraction of sp³-hybridized carbons (Fsp3) is 0.308. The second kappa shape index (κ2) is 10.7. The lowest BCUT2D eigenvalue weighted by Gasteiger charge is -2.09. The normalized spacial score (nSPS) is 10.8. The van der Waals surface area contributed by atoms with Gasteiger partial charge in [0.25, 0.3) is 0 Å². The molecule has 152 valence electrons. The number of phenols is 1. The molecule has 0 radical (unpaired) electrons. The van der Waals surface area contributed by atoms with E-state index < -0.39 is 0 Å². The van der Waals surface area contributed by atoms with Gasteiger partial charge in [0.2, 0.25) is 0 Å². The van der Waals surface area contributed by atoms with Gasteiger partial charge in [0.1, 0.15) is 17.3 Å². The zero-order valence-corrected chi connectivity index (χ0v) is 17.0. The van der Waals surface area contributed by atoms with Gasteiger partial charge in [0.15, 0.2) is 0 Å². The molecule has 0 fully saturated rings. The Bertz CT molecular complexity index is 886. The third kappa shape index (κ3) is 6.08. The summed E-state index contributed by atoms with van der Waals surface area (Å²) in [5.41, 5.74) is 3.04. The highest BCUT2D eigenvalue weighted by molar-refractivity contribution is 5.71. The molecule has 0 amide bonds. The predicted molar refractivity (Wildman–Crippen MR) is 118 cm³/mol. The second-order valence-electron chi connectivity index (χ2n) is 7.38. The molecule has 0 aromatic heterocycles. The Balaban J connectivity index is 1.57. The second-order valence-corrected chi connectivity index (χ2v) is 7.38. The van der Waals surface area contributed by atoms with Gasteiger partial charge in [-0.1, -0.05) is 75.4 Å². The summed E-state index contributed by atoms with van der Waals surface area (Å²) in [5, 5.41) is 9.40. The summed E-state index contributed by atoms with van der Waals surface area (Å²) < 4.78 is 20.5. The molecule has 3 heteroatoms. The molecule has 0 atom stereocenters. The molecule has 3 aromatic carbocycles. The molecule has 0 aliphatic rings. The van der Waals surface area contributed by atoms with E-state index >= 15 is 0 Å². The van der Waals surface area contributed by atoms with Gasteiger partial charge >= 0.3 is 0 Å². The number of unbranched alkanes of at least 4 members (excludes halogenated alkanes) is 5. The van der Waals surface area contributed by atoms with E-state index in [-0.39, 0.29) is 11.6 Å². The molecular formula is C26H29FO2. The van der Waals surface area contributed by atoms with Crippen molar-refractivity contribution in [2.24, 2.45) is 0 Å². The van der Waals surface area contributed by atoms with Crippen LogP contribution in [0.1, 0.15) is 45.4 Å².